The van der Waals surface area contributed by atoms with E-state index in [1.807, 2.05) is 57.2 Å². The summed E-state index contributed by atoms with van der Waals surface area (Å²) >= 11 is 0. The lowest BCUT2D eigenvalue weighted by atomic mass is 9.93. The molecule has 0 aliphatic heterocycles. The molecule has 1 aliphatic rings. The fourth-order valence-electron chi connectivity index (χ4n) is 3.88. The molecule has 176 valence electrons. The first-order valence-electron chi connectivity index (χ1n) is 11.2. The fourth-order valence-corrected chi connectivity index (χ4v) is 3.88. The largest absolute Gasteiger partial charge is 0.464 e. The number of amides is 2. The highest BCUT2D eigenvalue weighted by Gasteiger charge is 2.30. The van der Waals surface area contributed by atoms with Crippen molar-refractivity contribution in [3.8, 4) is 11.1 Å². The van der Waals surface area contributed by atoms with Crippen molar-refractivity contribution in [3.63, 3.8) is 0 Å². The Bertz CT molecular complexity index is 966. The van der Waals surface area contributed by atoms with Crippen molar-refractivity contribution < 1.29 is 23.9 Å². The maximum absolute atomic E-state index is 12.6. The van der Waals surface area contributed by atoms with Gasteiger partial charge in [0.15, 0.2) is 0 Å². The van der Waals surface area contributed by atoms with Crippen LogP contribution < -0.4 is 11.1 Å². The smallest absolute Gasteiger partial charge is 0.407 e. The van der Waals surface area contributed by atoms with E-state index in [1.54, 1.807) is 0 Å². The minimum atomic E-state index is -1.01. The van der Waals surface area contributed by atoms with Gasteiger partial charge in [-0.1, -0.05) is 69.3 Å². The predicted octanol–water partition coefficient (Wildman–Crippen LogP) is 4.14. The lowest BCUT2D eigenvalue weighted by Crippen LogP contribution is -2.43. The lowest BCUT2D eigenvalue weighted by Gasteiger charge is -2.21. The molecule has 0 aromatic heterocycles. The van der Waals surface area contributed by atoms with Gasteiger partial charge in [0.1, 0.15) is 12.6 Å². The van der Waals surface area contributed by atoms with Gasteiger partial charge in [-0.25, -0.2) is 9.59 Å². The van der Waals surface area contributed by atoms with Crippen molar-refractivity contribution >= 4 is 18.0 Å². The standard InChI is InChI=1S/C26H32N2O5/c1-26(2,3)14-15-32-24(30)22(12-13-23(27)29)28-25(31)33-16-21-19-10-6-4-8-17(19)18-9-5-7-11-20(18)21/h4-11,21-22H,12-16H2,1-3H3,(H2,27,29)(H,28,31)/t22-/m0/s1. The average molecular weight is 453 g/mol. The Morgan fingerprint density at radius 2 is 1.55 bits per heavy atom. The summed E-state index contributed by atoms with van der Waals surface area (Å²) in [6.07, 6.45) is -0.0675. The molecule has 0 unspecified atom stereocenters. The molecule has 0 radical (unpaired) electrons. The van der Waals surface area contributed by atoms with Crippen LogP contribution in [0.3, 0.4) is 0 Å². The van der Waals surface area contributed by atoms with Gasteiger partial charge in [-0.2, -0.15) is 0 Å². The molecule has 1 atom stereocenters. The summed E-state index contributed by atoms with van der Waals surface area (Å²) in [5.74, 6) is -1.25. The maximum Gasteiger partial charge on any atom is 0.407 e. The zero-order valence-corrected chi connectivity index (χ0v) is 19.4. The predicted molar refractivity (Wildman–Crippen MR) is 125 cm³/mol. The second kappa shape index (κ2) is 10.5. The van der Waals surface area contributed by atoms with Crippen LogP contribution in [0.1, 0.15) is 57.1 Å². The van der Waals surface area contributed by atoms with Crippen LogP contribution in [-0.2, 0) is 19.1 Å². The number of primary amides is 1. The number of fused-ring (bicyclic) bond motifs is 3. The quantitative estimate of drug-likeness (QED) is 0.556. The molecular formula is C26H32N2O5. The number of rotatable bonds is 9. The number of carbonyl (C=O) groups excluding carboxylic acids is 3. The first-order valence-corrected chi connectivity index (χ1v) is 11.2. The molecule has 33 heavy (non-hydrogen) atoms. The van der Waals surface area contributed by atoms with Crippen molar-refractivity contribution in [1.29, 1.82) is 0 Å². The van der Waals surface area contributed by atoms with Crippen LogP contribution >= 0.6 is 0 Å². The average Bonchev–Trinajstić information content (AvgIpc) is 3.08. The normalized spacial score (nSPS) is 13.5. The number of nitrogens with two attached hydrogens (primary N) is 1. The van der Waals surface area contributed by atoms with Crippen LogP contribution in [0.2, 0.25) is 0 Å². The molecule has 2 aromatic carbocycles. The van der Waals surface area contributed by atoms with Crippen molar-refractivity contribution in [1.82, 2.24) is 5.32 Å². The molecule has 0 spiro atoms. The van der Waals surface area contributed by atoms with E-state index in [4.69, 9.17) is 15.2 Å². The monoisotopic (exact) mass is 452 g/mol. The van der Waals surface area contributed by atoms with Gasteiger partial charge in [0.2, 0.25) is 5.91 Å². The number of benzene rings is 2. The number of hydrogen-bond donors (Lipinski definition) is 2. The Balaban J connectivity index is 1.62. The highest BCUT2D eigenvalue weighted by molar-refractivity contribution is 5.83. The van der Waals surface area contributed by atoms with Crippen molar-refractivity contribution in [2.24, 2.45) is 11.1 Å². The highest BCUT2D eigenvalue weighted by Crippen LogP contribution is 2.44. The molecule has 0 saturated carbocycles. The highest BCUT2D eigenvalue weighted by atomic mass is 16.6. The van der Waals surface area contributed by atoms with E-state index < -0.39 is 24.0 Å². The van der Waals surface area contributed by atoms with E-state index in [1.165, 1.54) is 0 Å². The van der Waals surface area contributed by atoms with Gasteiger partial charge in [0.05, 0.1) is 6.61 Å². The van der Waals surface area contributed by atoms with Crippen LogP contribution in [-0.4, -0.2) is 37.2 Å². The van der Waals surface area contributed by atoms with Crippen LogP contribution in [0.25, 0.3) is 11.1 Å². The number of nitrogens with one attached hydrogen (secondary N) is 1. The number of alkyl carbamates (subject to hydrolysis) is 1. The van der Waals surface area contributed by atoms with Crippen LogP contribution in [0.15, 0.2) is 48.5 Å². The molecule has 2 aromatic rings. The van der Waals surface area contributed by atoms with Gasteiger partial charge in [-0.15, -0.1) is 0 Å². The summed E-state index contributed by atoms with van der Waals surface area (Å²) in [6, 6.07) is 15.1. The summed E-state index contributed by atoms with van der Waals surface area (Å²) in [4.78, 5) is 36.3. The molecule has 3 N–H and O–H groups in total. The number of esters is 1. The summed E-state index contributed by atoms with van der Waals surface area (Å²) in [5.41, 5.74) is 9.68. The zero-order valence-electron chi connectivity index (χ0n) is 19.4. The van der Waals surface area contributed by atoms with E-state index in [2.05, 4.69) is 17.4 Å². The van der Waals surface area contributed by atoms with Crippen molar-refractivity contribution in [2.75, 3.05) is 13.2 Å². The molecule has 1 aliphatic carbocycles. The first-order chi connectivity index (χ1) is 15.7. The summed E-state index contributed by atoms with van der Waals surface area (Å²) in [6.45, 7) is 6.48. The third kappa shape index (κ3) is 6.57. The summed E-state index contributed by atoms with van der Waals surface area (Å²) < 4.78 is 10.8. The van der Waals surface area contributed by atoms with Crippen molar-refractivity contribution in [3.05, 3.63) is 59.7 Å². The van der Waals surface area contributed by atoms with Gasteiger partial charge in [0.25, 0.3) is 0 Å². The SMILES string of the molecule is CC(C)(C)CCOC(=O)[C@H](CCC(N)=O)NC(=O)OCC1c2ccccc2-c2ccccc21. The molecule has 2 amide bonds. The molecule has 0 saturated heterocycles. The number of carbonyl (C=O) groups is 3. The summed E-state index contributed by atoms with van der Waals surface area (Å²) in [5, 5.41) is 2.55. The topological polar surface area (TPSA) is 108 Å². The van der Waals surface area contributed by atoms with E-state index in [0.29, 0.717) is 6.42 Å². The third-order valence-corrected chi connectivity index (χ3v) is 5.70. The molecule has 3 rings (SSSR count). The lowest BCUT2D eigenvalue weighted by molar-refractivity contribution is -0.146. The molecule has 0 heterocycles. The second-order valence-electron chi connectivity index (χ2n) is 9.51. The maximum atomic E-state index is 12.6. The second-order valence-corrected chi connectivity index (χ2v) is 9.51. The number of hydrogen-bond acceptors (Lipinski definition) is 5. The Morgan fingerprint density at radius 3 is 2.09 bits per heavy atom. The van der Waals surface area contributed by atoms with E-state index in [-0.39, 0.29) is 37.4 Å². The first kappa shape index (κ1) is 24.3. The van der Waals surface area contributed by atoms with E-state index in [0.717, 1.165) is 22.3 Å². The number of ether oxygens (including phenoxy) is 2. The summed E-state index contributed by atoms with van der Waals surface area (Å²) in [7, 11) is 0. The minimum Gasteiger partial charge on any atom is -0.464 e. The van der Waals surface area contributed by atoms with Crippen LogP contribution in [0.5, 0.6) is 0 Å². The zero-order chi connectivity index (χ0) is 24.0. The Hall–Kier alpha value is -3.35. The fraction of sp³-hybridized carbons (Fsp3) is 0.423. The van der Waals surface area contributed by atoms with Crippen LogP contribution in [0.4, 0.5) is 4.79 Å². The van der Waals surface area contributed by atoms with E-state index in [9.17, 15) is 14.4 Å². The molecular weight excluding hydrogens is 420 g/mol. The molecule has 7 heteroatoms. The van der Waals surface area contributed by atoms with Gasteiger partial charge in [-0.05, 0) is 40.5 Å². The Morgan fingerprint density at radius 1 is 0.970 bits per heavy atom. The van der Waals surface area contributed by atoms with E-state index >= 15 is 0 Å². The van der Waals surface area contributed by atoms with Gasteiger partial charge in [0, 0.05) is 12.3 Å². The third-order valence-electron chi connectivity index (χ3n) is 5.70. The molecule has 7 nitrogen and oxygen atoms in total. The van der Waals surface area contributed by atoms with Crippen LogP contribution in [0, 0.1) is 5.41 Å². The molecule has 0 fully saturated rings. The molecule has 0 bridgehead atoms. The van der Waals surface area contributed by atoms with Gasteiger partial charge >= 0.3 is 12.1 Å². The van der Waals surface area contributed by atoms with Crippen molar-refractivity contribution in [2.45, 2.75) is 52.0 Å². The Kier molecular flexibility index (Phi) is 7.74. The Labute approximate surface area is 194 Å². The van der Waals surface area contributed by atoms with Gasteiger partial charge in [-0.3, -0.25) is 4.79 Å². The van der Waals surface area contributed by atoms with Gasteiger partial charge < -0.3 is 20.5 Å². The minimum absolute atomic E-state index is 0.00320.